The molecule has 0 saturated heterocycles. The molecular weight excluding hydrogens is 246 g/mol. The van der Waals surface area contributed by atoms with Gasteiger partial charge in [-0.1, -0.05) is 6.92 Å². The van der Waals surface area contributed by atoms with Gasteiger partial charge in [-0.25, -0.2) is 0 Å². The molecule has 0 radical (unpaired) electrons. The van der Waals surface area contributed by atoms with Crippen LogP contribution in [-0.2, 0) is 0 Å². The van der Waals surface area contributed by atoms with Crippen LogP contribution in [0.15, 0.2) is 18.3 Å². The number of nitrogens with zero attached hydrogens (tertiary/aromatic N) is 1. The molecule has 1 amide bonds. The lowest BCUT2D eigenvalue weighted by Gasteiger charge is -2.30. The number of anilines is 1. The maximum Gasteiger partial charge on any atom is 0.269 e. The Kier molecular flexibility index (Phi) is 5.72. The van der Waals surface area contributed by atoms with Gasteiger partial charge in [-0.05, 0) is 25.5 Å². The number of aliphatic hydroxyl groups is 2. The van der Waals surface area contributed by atoms with E-state index in [-0.39, 0.29) is 19.1 Å². The van der Waals surface area contributed by atoms with Crippen molar-refractivity contribution in [3.63, 3.8) is 0 Å². The van der Waals surface area contributed by atoms with E-state index in [9.17, 15) is 15.0 Å². The van der Waals surface area contributed by atoms with E-state index < -0.39 is 5.54 Å². The molecule has 106 valence electrons. The van der Waals surface area contributed by atoms with E-state index in [1.54, 1.807) is 12.1 Å². The third-order valence-electron chi connectivity index (χ3n) is 3.02. The van der Waals surface area contributed by atoms with Crippen LogP contribution in [0.3, 0.4) is 0 Å². The summed E-state index contributed by atoms with van der Waals surface area (Å²) >= 11 is 0. The van der Waals surface area contributed by atoms with Gasteiger partial charge in [0.25, 0.3) is 5.91 Å². The lowest BCUT2D eigenvalue weighted by Crippen LogP contribution is -2.45. The Labute approximate surface area is 112 Å². The molecule has 1 rings (SSSR count). The number of carbonyl (C=O) groups excluding carboxylic acids is 1. The van der Waals surface area contributed by atoms with E-state index in [0.29, 0.717) is 24.3 Å². The van der Waals surface area contributed by atoms with Crippen molar-refractivity contribution >= 4 is 11.6 Å². The second kappa shape index (κ2) is 7.06. The van der Waals surface area contributed by atoms with E-state index in [2.05, 4.69) is 15.6 Å². The summed E-state index contributed by atoms with van der Waals surface area (Å²) in [6.07, 6.45) is 2.07. The zero-order chi connectivity index (χ0) is 14.3. The molecule has 1 heterocycles. The van der Waals surface area contributed by atoms with Crippen LogP contribution in [-0.4, -0.2) is 46.4 Å². The number of pyridine rings is 1. The minimum absolute atomic E-state index is 0.196. The molecule has 4 N–H and O–H groups in total. The van der Waals surface area contributed by atoms with Crippen LogP contribution in [0.2, 0.25) is 0 Å². The lowest BCUT2D eigenvalue weighted by molar-refractivity contribution is 0.0951. The first-order chi connectivity index (χ1) is 9.10. The first kappa shape index (κ1) is 15.4. The molecule has 19 heavy (non-hydrogen) atoms. The van der Waals surface area contributed by atoms with Crippen molar-refractivity contribution in [2.45, 2.75) is 25.8 Å². The van der Waals surface area contributed by atoms with Crippen molar-refractivity contribution in [3.05, 3.63) is 24.0 Å². The molecule has 0 aromatic carbocycles. The largest absolute Gasteiger partial charge is 0.394 e. The van der Waals surface area contributed by atoms with E-state index in [1.807, 2.05) is 13.8 Å². The minimum Gasteiger partial charge on any atom is -0.394 e. The maximum atomic E-state index is 11.7. The SMILES string of the molecule is CCNC(=O)c1cc(NC(CC)(CO)CO)ccn1. The summed E-state index contributed by atoms with van der Waals surface area (Å²) in [6, 6.07) is 3.29. The summed E-state index contributed by atoms with van der Waals surface area (Å²) in [5.74, 6) is -0.249. The molecule has 1 aromatic heterocycles. The minimum atomic E-state index is -0.792. The topological polar surface area (TPSA) is 94.5 Å². The summed E-state index contributed by atoms with van der Waals surface area (Å²) in [4.78, 5) is 15.7. The average molecular weight is 267 g/mol. The number of amides is 1. The monoisotopic (exact) mass is 267 g/mol. The van der Waals surface area contributed by atoms with Gasteiger partial charge in [-0.3, -0.25) is 9.78 Å². The van der Waals surface area contributed by atoms with Gasteiger partial charge in [0.2, 0.25) is 0 Å². The number of hydrogen-bond donors (Lipinski definition) is 4. The number of aromatic nitrogens is 1. The Morgan fingerprint density at radius 3 is 2.58 bits per heavy atom. The van der Waals surface area contributed by atoms with E-state index >= 15 is 0 Å². The lowest BCUT2D eigenvalue weighted by atomic mass is 9.98. The highest BCUT2D eigenvalue weighted by atomic mass is 16.3. The number of rotatable bonds is 7. The Hall–Kier alpha value is -1.66. The van der Waals surface area contributed by atoms with E-state index in [0.717, 1.165) is 0 Å². The summed E-state index contributed by atoms with van der Waals surface area (Å²) in [5, 5.41) is 24.5. The zero-order valence-electron chi connectivity index (χ0n) is 11.3. The van der Waals surface area contributed by atoms with Gasteiger partial charge in [0.15, 0.2) is 0 Å². The van der Waals surface area contributed by atoms with Crippen molar-refractivity contribution < 1.29 is 15.0 Å². The second-order valence-electron chi connectivity index (χ2n) is 4.36. The van der Waals surface area contributed by atoms with Crippen LogP contribution in [0.1, 0.15) is 30.8 Å². The summed E-state index contributed by atoms with van der Waals surface area (Å²) in [5.41, 5.74) is 0.147. The Morgan fingerprint density at radius 1 is 1.37 bits per heavy atom. The quantitative estimate of drug-likeness (QED) is 0.573. The molecule has 0 aliphatic heterocycles. The molecule has 6 heteroatoms. The number of carbonyl (C=O) groups is 1. The Bertz CT molecular complexity index is 411. The molecule has 0 unspecified atom stereocenters. The first-order valence-corrected chi connectivity index (χ1v) is 6.35. The Balaban J connectivity index is 2.90. The smallest absolute Gasteiger partial charge is 0.269 e. The van der Waals surface area contributed by atoms with Crippen LogP contribution < -0.4 is 10.6 Å². The average Bonchev–Trinajstić information content (AvgIpc) is 2.45. The third kappa shape index (κ3) is 3.90. The van der Waals surface area contributed by atoms with Gasteiger partial charge >= 0.3 is 0 Å². The van der Waals surface area contributed by atoms with Crippen molar-refractivity contribution in [1.29, 1.82) is 0 Å². The third-order valence-corrected chi connectivity index (χ3v) is 3.02. The van der Waals surface area contributed by atoms with Crippen LogP contribution >= 0.6 is 0 Å². The fourth-order valence-electron chi connectivity index (χ4n) is 1.63. The highest BCUT2D eigenvalue weighted by molar-refractivity contribution is 5.93. The van der Waals surface area contributed by atoms with E-state index in [1.165, 1.54) is 6.20 Å². The van der Waals surface area contributed by atoms with Crippen LogP contribution in [0, 0.1) is 0 Å². The van der Waals surface area contributed by atoms with Gasteiger partial charge in [0, 0.05) is 18.4 Å². The van der Waals surface area contributed by atoms with Crippen LogP contribution in [0.25, 0.3) is 0 Å². The fourth-order valence-corrected chi connectivity index (χ4v) is 1.63. The molecule has 0 aliphatic carbocycles. The number of aliphatic hydroxyl groups excluding tert-OH is 2. The van der Waals surface area contributed by atoms with Gasteiger partial charge in [0.1, 0.15) is 5.69 Å². The van der Waals surface area contributed by atoms with Crippen molar-refractivity contribution in [2.24, 2.45) is 0 Å². The number of nitrogens with one attached hydrogen (secondary N) is 2. The van der Waals surface area contributed by atoms with Crippen molar-refractivity contribution in [1.82, 2.24) is 10.3 Å². The highest BCUT2D eigenvalue weighted by Crippen LogP contribution is 2.18. The Morgan fingerprint density at radius 2 is 2.05 bits per heavy atom. The maximum absolute atomic E-state index is 11.7. The second-order valence-corrected chi connectivity index (χ2v) is 4.36. The fraction of sp³-hybridized carbons (Fsp3) is 0.538. The molecule has 0 spiro atoms. The highest BCUT2D eigenvalue weighted by Gasteiger charge is 2.26. The molecule has 0 saturated carbocycles. The summed E-state index contributed by atoms with van der Waals surface area (Å²) in [6.45, 7) is 3.84. The zero-order valence-corrected chi connectivity index (χ0v) is 11.3. The first-order valence-electron chi connectivity index (χ1n) is 6.35. The molecule has 0 fully saturated rings. The predicted octanol–water partition coefficient (Wildman–Crippen LogP) is 0.377. The van der Waals surface area contributed by atoms with Crippen LogP contribution in [0.5, 0.6) is 0 Å². The van der Waals surface area contributed by atoms with Crippen molar-refractivity contribution in [3.8, 4) is 0 Å². The molecule has 0 atom stereocenters. The van der Waals surface area contributed by atoms with Gasteiger partial charge < -0.3 is 20.8 Å². The molecule has 6 nitrogen and oxygen atoms in total. The predicted molar refractivity (Wildman–Crippen MR) is 73.1 cm³/mol. The van der Waals surface area contributed by atoms with Gasteiger partial charge in [0.05, 0.1) is 18.8 Å². The van der Waals surface area contributed by atoms with E-state index in [4.69, 9.17) is 0 Å². The summed E-state index contributed by atoms with van der Waals surface area (Å²) in [7, 11) is 0. The van der Waals surface area contributed by atoms with Crippen LogP contribution in [0.4, 0.5) is 5.69 Å². The van der Waals surface area contributed by atoms with Gasteiger partial charge in [-0.2, -0.15) is 0 Å². The van der Waals surface area contributed by atoms with Crippen molar-refractivity contribution in [2.75, 3.05) is 25.1 Å². The normalized spacial score (nSPS) is 11.2. The molecular formula is C13H21N3O3. The molecule has 0 aliphatic rings. The van der Waals surface area contributed by atoms with Gasteiger partial charge in [-0.15, -0.1) is 0 Å². The molecule has 1 aromatic rings. The number of hydrogen-bond acceptors (Lipinski definition) is 5. The molecule has 0 bridgehead atoms. The summed E-state index contributed by atoms with van der Waals surface area (Å²) < 4.78 is 0. The standard InChI is InChI=1S/C13H21N3O3/c1-3-13(8-17,9-18)16-10-5-6-15-11(7-10)12(19)14-4-2/h5-7,17-18H,3-4,8-9H2,1-2H3,(H,14,19)(H,15,16).